The maximum Gasteiger partial charge on any atom is 0.317 e. The predicted molar refractivity (Wildman–Crippen MR) is 42.6 cm³/mol. The van der Waals surface area contributed by atoms with Gasteiger partial charge in [-0.25, -0.2) is 13.6 Å². The summed E-state index contributed by atoms with van der Waals surface area (Å²) in [5.41, 5.74) is 0. The van der Waals surface area contributed by atoms with Gasteiger partial charge in [-0.2, -0.15) is 0 Å². The molecule has 13 heavy (non-hydrogen) atoms. The largest absolute Gasteiger partial charge is 0.335 e. The fraction of sp³-hybridized carbons (Fsp3) is 0.875. The lowest BCUT2D eigenvalue weighted by atomic mass is 10.2. The van der Waals surface area contributed by atoms with Crippen LogP contribution >= 0.6 is 0 Å². The summed E-state index contributed by atoms with van der Waals surface area (Å²) in [6, 6.07) is -0.465. The van der Waals surface area contributed by atoms with Crippen LogP contribution in [0.3, 0.4) is 0 Å². The molecule has 0 aromatic heterocycles. The minimum absolute atomic E-state index is 0.181. The van der Waals surface area contributed by atoms with Crippen LogP contribution in [-0.4, -0.2) is 36.5 Å². The number of nitrogens with zero attached hydrogens (tertiary/aromatic N) is 1. The van der Waals surface area contributed by atoms with Gasteiger partial charge in [-0.15, -0.1) is 0 Å². The van der Waals surface area contributed by atoms with E-state index in [0.717, 1.165) is 19.5 Å². The molecule has 2 amide bonds. The number of alkyl halides is 2. The third-order valence-electron chi connectivity index (χ3n) is 2.62. The summed E-state index contributed by atoms with van der Waals surface area (Å²) < 4.78 is 24.1. The molecule has 0 unspecified atom stereocenters. The predicted octanol–water partition coefficient (Wildman–Crippen LogP) is 1.06. The molecule has 0 bridgehead atoms. The van der Waals surface area contributed by atoms with Gasteiger partial charge in [0.15, 0.2) is 0 Å². The van der Waals surface area contributed by atoms with Crippen LogP contribution in [0.2, 0.25) is 0 Å². The first-order valence-corrected chi connectivity index (χ1v) is 4.52. The van der Waals surface area contributed by atoms with Crippen LogP contribution in [-0.2, 0) is 0 Å². The van der Waals surface area contributed by atoms with Crippen molar-refractivity contribution >= 4 is 6.03 Å². The highest BCUT2D eigenvalue weighted by Gasteiger charge is 2.45. The van der Waals surface area contributed by atoms with E-state index in [9.17, 15) is 13.6 Å². The molecule has 1 aliphatic heterocycles. The molecular formula is C8H12F2N2O. The lowest BCUT2D eigenvalue weighted by molar-refractivity contribution is 0.117. The fourth-order valence-electron chi connectivity index (χ4n) is 1.43. The van der Waals surface area contributed by atoms with E-state index in [4.69, 9.17) is 0 Å². The molecule has 0 aromatic carbocycles. The lowest BCUT2D eigenvalue weighted by Gasteiger charge is -2.30. The van der Waals surface area contributed by atoms with E-state index in [1.54, 1.807) is 4.90 Å². The van der Waals surface area contributed by atoms with Gasteiger partial charge in [0, 0.05) is 25.0 Å². The molecule has 5 heteroatoms. The zero-order chi connectivity index (χ0) is 9.42. The summed E-state index contributed by atoms with van der Waals surface area (Å²) in [6.07, 6.45) is -0.838. The van der Waals surface area contributed by atoms with Crippen LogP contribution in [0.4, 0.5) is 13.6 Å². The number of carbonyl (C=O) groups is 1. The van der Waals surface area contributed by atoms with Crippen molar-refractivity contribution in [2.45, 2.75) is 25.3 Å². The number of hydrogen-bond donors (Lipinski definition) is 1. The van der Waals surface area contributed by atoms with Crippen LogP contribution < -0.4 is 5.32 Å². The molecular weight excluding hydrogens is 178 g/mol. The van der Waals surface area contributed by atoms with Crippen LogP contribution in [0.25, 0.3) is 0 Å². The van der Waals surface area contributed by atoms with E-state index in [1.807, 2.05) is 0 Å². The zero-order valence-corrected chi connectivity index (χ0v) is 7.17. The Bertz CT molecular complexity index is 218. The molecule has 1 saturated heterocycles. The van der Waals surface area contributed by atoms with Gasteiger partial charge in [-0.1, -0.05) is 0 Å². The lowest BCUT2D eigenvalue weighted by Crippen LogP contribution is -2.48. The number of nitrogens with one attached hydrogen (secondary N) is 1. The summed E-state index contributed by atoms with van der Waals surface area (Å²) in [5.74, 6) is -0.606. The second-order valence-corrected chi connectivity index (χ2v) is 3.63. The normalized spacial score (nSPS) is 31.5. The Balaban J connectivity index is 1.71. The Kier molecular flexibility index (Phi) is 2.09. The molecule has 0 aromatic rings. The minimum atomic E-state index is -2.29. The molecule has 2 atom stereocenters. The third-order valence-corrected chi connectivity index (χ3v) is 2.62. The maximum absolute atomic E-state index is 12.1. The smallest absolute Gasteiger partial charge is 0.317 e. The second kappa shape index (κ2) is 3.12. The first-order valence-electron chi connectivity index (χ1n) is 4.52. The van der Waals surface area contributed by atoms with Gasteiger partial charge >= 0.3 is 6.03 Å². The third kappa shape index (κ3) is 1.73. The van der Waals surface area contributed by atoms with E-state index in [1.165, 1.54) is 0 Å². The zero-order valence-electron chi connectivity index (χ0n) is 7.17. The highest BCUT2D eigenvalue weighted by atomic mass is 19.3. The first-order chi connectivity index (χ1) is 6.18. The topological polar surface area (TPSA) is 32.3 Å². The molecule has 1 saturated carbocycles. The summed E-state index contributed by atoms with van der Waals surface area (Å²) >= 11 is 0. The summed E-state index contributed by atoms with van der Waals surface area (Å²) in [6.45, 7) is 1.52. The molecule has 2 rings (SSSR count). The number of halogens is 2. The molecule has 0 spiro atoms. The summed E-state index contributed by atoms with van der Waals surface area (Å²) in [5, 5.41) is 2.59. The van der Waals surface area contributed by atoms with E-state index in [-0.39, 0.29) is 12.1 Å². The van der Waals surface area contributed by atoms with Crippen molar-refractivity contribution in [1.29, 1.82) is 0 Å². The van der Waals surface area contributed by atoms with E-state index in [2.05, 4.69) is 5.32 Å². The van der Waals surface area contributed by atoms with Gasteiger partial charge in [0.2, 0.25) is 6.43 Å². The van der Waals surface area contributed by atoms with Gasteiger partial charge in [0.1, 0.15) is 0 Å². The molecule has 2 aliphatic rings. The van der Waals surface area contributed by atoms with Gasteiger partial charge in [-0.3, -0.25) is 0 Å². The maximum atomic E-state index is 12.1. The second-order valence-electron chi connectivity index (χ2n) is 3.63. The molecule has 1 aliphatic carbocycles. The Morgan fingerprint density at radius 1 is 1.46 bits per heavy atom. The molecule has 1 N–H and O–H groups in total. The number of rotatable bonds is 2. The standard InChI is InChI=1S/C8H12F2N2O/c9-7(10)5-4-6(5)11-8(13)12-2-1-3-12/h5-7H,1-4H2,(H,11,13)/t5-,6-/m0/s1. The molecule has 0 radical (unpaired) electrons. The van der Waals surface area contributed by atoms with E-state index < -0.39 is 12.3 Å². The molecule has 1 heterocycles. The van der Waals surface area contributed by atoms with Crippen molar-refractivity contribution in [3.63, 3.8) is 0 Å². The number of hydrogen-bond acceptors (Lipinski definition) is 1. The van der Waals surface area contributed by atoms with Crippen LogP contribution in [0.5, 0.6) is 0 Å². The fourth-order valence-corrected chi connectivity index (χ4v) is 1.43. The average molecular weight is 190 g/mol. The molecule has 74 valence electrons. The minimum Gasteiger partial charge on any atom is -0.335 e. The summed E-state index contributed by atoms with van der Waals surface area (Å²) in [4.78, 5) is 12.9. The molecule has 2 fully saturated rings. The number of amides is 2. The monoisotopic (exact) mass is 190 g/mol. The number of likely N-dealkylation sites (tertiary alicyclic amines) is 1. The van der Waals surface area contributed by atoms with Crippen molar-refractivity contribution in [2.75, 3.05) is 13.1 Å². The van der Waals surface area contributed by atoms with Crippen LogP contribution in [0.1, 0.15) is 12.8 Å². The Morgan fingerprint density at radius 2 is 2.15 bits per heavy atom. The van der Waals surface area contributed by atoms with Crippen LogP contribution in [0, 0.1) is 5.92 Å². The number of urea groups is 1. The van der Waals surface area contributed by atoms with Crippen molar-refractivity contribution in [1.82, 2.24) is 10.2 Å². The Hall–Kier alpha value is -0.870. The van der Waals surface area contributed by atoms with Gasteiger partial charge < -0.3 is 10.2 Å². The Labute approximate surface area is 75.1 Å². The van der Waals surface area contributed by atoms with Crippen molar-refractivity contribution < 1.29 is 13.6 Å². The SMILES string of the molecule is O=C(N[C@H]1C[C@@H]1C(F)F)N1CCC1. The Morgan fingerprint density at radius 3 is 2.54 bits per heavy atom. The molecule has 3 nitrogen and oxygen atoms in total. The highest BCUT2D eigenvalue weighted by molar-refractivity contribution is 5.75. The quantitative estimate of drug-likeness (QED) is 0.693. The average Bonchev–Trinajstić information content (AvgIpc) is 2.62. The van der Waals surface area contributed by atoms with Crippen molar-refractivity contribution in [3.8, 4) is 0 Å². The number of carbonyl (C=O) groups excluding carboxylic acids is 1. The van der Waals surface area contributed by atoms with Gasteiger partial charge in [0.05, 0.1) is 0 Å². The van der Waals surface area contributed by atoms with Crippen molar-refractivity contribution in [3.05, 3.63) is 0 Å². The van der Waals surface area contributed by atoms with E-state index >= 15 is 0 Å². The first kappa shape index (κ1) is 8.72. The van der Waals surface area contributed by atoms with Gasteiger partial charge in [0.25, 0.3) is 0 Å². The van der Waals surface area contributed by atoms with E-state index in [0.29, 0.717) is 6.42 Å². The van der Waals surface area contributed by atoms with Gasteiger partial charge in [-0.05, 0) is 12.8 Å². The highest BCUT2D eigenvalue weighted by Crippen LogP contribution is 2.36. The van der Waals surface area contributed by atoms with Crippen LogP contribution in [0.15, 0.2) is 0 Å². The summed E-state index contributed by atoms with van der Waals surface area (Å²) in [7, 11) is 0. The van der Waals surface area contributed by atoms with Crippen molar-refractivity contribution in [2.24, 2.45) is 5.92 Å².